The lowest BCUT2D eigenvalue weighted by Crippen LogP contribution is -2.03. The molecule has 0 fully saturated rings. The van der Waals surface area contributed by atoms with Gasteiger partial charge in [-0.05, 0) is 84.0 Å². The molecule has 0 saturated carbocycles. The van der Waals surface area contributed by atoms with Gasteiger partial charge in [0.2, 0.25) is 0 Å². The molecule has 0 radical (unpaired) electrons. The molecule has 0 atom stereocenters. The van der Waals surface area contributed by atoms with E-state index in [4.69, 9.17) is 14.2 Å². The van der Waals surface area contributed by atoms with Crippen molar-refractivity contribution in [1.82, 2.24) is 0 Å². The van der Waals surface area contributed by atoms with Crippen LogP contribution in [-0.2, 0) is 14.2 Å². The van der Waals surface area contributed by atoms with Crippen LogP contribution >= 0.6 is 0 Å². The molecule has 0 aliphatic rings. The van der Waals surface area contributed by atoms with Gasteiger partial charge in [0.05, 0.1) is 25.6 Å². The molecule has 0 aromatic carbocycles. The second kappa shape index (κ2) is 43.8. The maximum atomic E-state index is 11.4. The molecule has 0 heterocycles. The van der Waals surface area contributed by atoms with Gasteiger partial charge in [-0.3, -0.25) is 8.78 Å². The second-order valence-corrected chi connectivity index (χ2v) is 11.5. The summed E-state index contributed by atoms with van der Waals surface area (Å²) in [5, 5.41) is 0. The normalized spacial score (nSPS) is 10.4. The largest absolute Gasteiger partial charge is 0.381 e. The molecule has 38 heavy (non-hydrogen) atoms. The zero-order chi connectivity index (χ0) is 30.6. The van der Waals surface area contributed by atoms with Crippen molar-refractivity contribution in [3.8, 4) is 0 Å². The Morgan fingerprint density at radius 3 is 1.21 bits per heavy atom. The Bertz CT molecular complexity index is 335. The Labute approximate surface area is 240 Å². The minimum atomic E-state index is -0.169. The molecule has 0 N–H and O–H groups in total. The van der Waals surface area contributed by atoms with Gasteiger partial charge in [-0.2, -0.15) is 0 Å². The van der Waals surface area contributed by atoms with Crippen LogP contribution in [-0.4, -0.2) is 52.0 Å². The van der Waals surface area contributed by atoms with Crippen LogP contribution in [0.3, 0.4) is 0 Å². The molecule has 0 amide bonds. The van der Waals surface area contributed by atoms with Gasteiger partial charge in [0.25, 0.3) is 0 Å². The number of rotatable bonds is 18. The van der Waals surface area contributed by atoms with Gasteiger partial charge in [0.15, 0.2) is 0 Å². The van der Waals surface area contributed by atoms with Gasteiger partial charge in [0.1, 0.15) is 0 Å². The van der Waals surface area contributed by atoms with Crippen LogP contribution in [0.5, 0.6) is 0 Å². The van der Waals surface area contributed by atoms with E-state index in [1.807, 2.05) is 13.8 Å². The monoisotopic (exact) mass is 555 g/mol. The number of alkyl halides is 2. The number of ether oxygens (including phenoxy) is 3. The SMILES string of the molecule is CC(C)CCC[18F].CC(C)CC[18F].CCCCCOC(C)C.CCCCOC(C)C.CCCOCC(C)C. The standard InChI is InChI=1S/C8H18O.2C7H16O.C6H13F.C5H11F/c1-4-5-6-7-9-8(2)3;1-4-5-8-6-7(2)3;1-4-5-6-8-7(2)3;1-6(2)4-3-5-7;1-5(2)3-4-6/h8H,4-7H2,1-3H3;2*7H,4-6H2,1-3H3;6H,3-5H2,1-2H3;5H,3-4H2,1-2H3/i;;;7-1;6-1. The molecule has 0 saturated heterocycles. The van der Waals surface area contributed by atoms with Crippen LogP contribution in [0, 0.1) is 17.8 Å². The third-order valence-electron chi connectivity index (χ3n) is 4.55. The lowest BCUT2D eigenvalue weighted by atomic mass is 10.1. The molecule has 0 aliphatic carbocycles. The summed E-state index contributed by atoms with van der Waals surface area (Å²) in [6, 6.07) is 0. The second-order valence-electron chi connectivity index (χ2n) is 11.5. The molecule has 0 rings (SSSR count). The Kier molecular flexibility index (Phi) is 54.8. The van der Waals surface area contributed by atoms with Crippen LogP contribution < -0.4 is 0 Å². The molecule has 0 aliphatic heterocycles. The Hall–Kier alpha value is -0.260. The molecule has 5 heteroatoms. The highest BCUT2D eigenvalue weighted by atomic mass is 18.2. The third kappa shape index (κ3) is 83.4. The highest BCUT2D eigenvalue weighted by Crippen LogP contribution is 2.02. The van der Waals surface area contributed by atoms with Crippen LogP contribution in [0.2, 0.25) is 0 Å². The Morgan fingerprint density at radius 1 is 0.474 bits per heavy atom. The third-order valence-corrected chi connectivity index (χ3v) is 4.55. The fourth-order valence-corrected chi connectivity index (χ4v) is 2.30. The quantitative estimate of drug-likeness (QED) is 0.158. The molecular formula is C33H74F2O3. The van der Waals surface area contributed by atoms with Crippen LogP contribution in [0.15, 0.2) is 0 Å². The lowest BCUT2D eigenvalue weighted by Gasteiger charge is -2.05. The first-order valence-electron chi connectivity index (χ1n) is 15.8. The first kappa shape index (κ1) is 47.5. The van der Waals surface area contributed by atoms with Gasteiger partial charge >= 0.3 is 0 Å². The van der Waals surface area contributed by atoms with Crippen molar-refractivity contribution in [3.05, 3.63) is 0 Å². The Balaban J connectivity index is -0.000000120. The average Bonchev–Trinajstić information content (AvgIpc) is 2.82. The van der Waals surface area contributed by atoms with Gasteiger partial charge in [-0.15, -0.1) is 0 Å². The molecular weight excluding hydrogens is 480 g/mol. The van der Waals surface area contributed by atoms with Crippen LogP contribution in [0.4, 0.5) is 8.78 Å². The summed E-state index contributed by atoms with van der Waals surface area (Å²) in [6.07, 6.45) is 10.6. The minimum Gasteiger partial charge on any atom is -0.381 e. The molecule has 0 aromatic rings. The number of unbranched alkanes of at least 4 members (excludes halogenated alkanes) is 3. The van der Waals surface area contributed by atoms with Crippen molar-refractivity contribution in [2.45, 2.75) is 160 Å². The van der Waals surface area contributed by atoms with E-state index < -0.39 is 0 Å². The predicted molar refractivity (Wildman–Crippen MR) is 168 cm³/mol. The fourth-order valence-electron chi connectivity index (χ4n) is 2.30. The van der Waals surface area contributed by atoms with Crippen molar-refractivity contribution in [2.75, 3.05) is 39.8 Å². The van der Waals surface area contributed by atoms with E-state index in [9.17, 15) is 8.78 Å². The highest BCUT2D eigenvalue weighted by molar-refractivity contribution is 4.43. The topological polar surface area (TPSA) is 27.7 Å². The van der Waals surface area contributed by atoms with E-state index in [0.717, 1.165) is 45.7 Å². The molecule has 0 spiro atoms. The predicted octanol–water partition coefficient (Wildman–Crippen LogP) is 11.3. The van der Waals surface area contributed by atoms with Crippen molar-refractivity contribution < 1.29 is 23.0 Å². The van der Waals surface area contributed by atoms with Crippen molar-refractivity contribution in [2.24, 2.45) is 17.8 Å². The number of halogens is 2. The van der Waals surface area contributed by atoms with Crippen LogP contribution in [0.1, 0.15) is 148 Å². The molecule has 3 nitrogen and oxygen atoms in total. The molecule has 0 unspecified atom stereocenters. The fraction of sp³-hybridized carbons (Fsp3) is 1.00. The minimum absolute atomic E-state index is 0.155. The summed E-state index contributed by atoms with van der Waals surface area (Å²) in [7, 11) is 0. The summed E-state index contributed by atoms with van der Waals surface area (Å²) >= 11 is 0. The van der Waals surface area contributed by atoms with Gasteiger partial charge in [-0.25, -0.2) is 0 Å². The van der Waals surface area contributed by atoms with Crippen molar-refractivity contribution >= 4 is 0 Å². The van der Waals surface area contributed by atoms with Crippen molar-refractivity contribution in [3.63, 3.8) is 0 Å². The summed E-state index contributed by atoms with van der Waals surface area (Å²) in [4.78, 5) is 0. The van der Waals surface area contributed by atoms with E-state index in [1.54, 1.807) is 0 Å². The zero-order valence-corrected chi connectivity index (χ0v) is 28.5. The number of hydrogen-bond donors (Lipinski definition) is 0. The summed E-state index contributed by atoms with van der Waals surface area (Å²) in [5.74, 6) is 1.87. The van der Waals surface area contributed by atoms with Gasteiger partial charge in [0, 0.05) is 26.4 Å². The first-order chi connectivity index (χ1) is 17.9. The maximum Gasteiger partial charge on any atom is 0.0896 e. The van der Waals surface area contributed by atoms with Crippen LogP contribution in [0.25, 0.3) is 0 Å². The van der Waals surface area contributed by atoms with E-state index in [2.05, 4.69) is 76.2 Å². The van der Waals surface area contributed by atoms with E-state index in [1.165, 1.54) is 32.1 Å². The number of hydrogen-bond acceptors (Lipinski definition) is 3. The summed E-state index contributed by atoms with van der Waals surface area (Å²) < 4.78 is 38.5. The van der Waals surface area contributed by atoms with Gasteiger partial charge < -0.3 is 14.2 Å². The first-order valence-corrected chi connectivity index (χ1v) is 15.8. The maximum absolute atomic E-state index is 11.4. The summed E-state index contributed by atoms with van der Waals surface area (Å²) in [5.41, 5.74) is 0. The smallest absolute Gasteiger partial charge is 0.0896 e. The van der Waals surface area contributed by atoms with E-state index in [0.29, 0.717) is 36.4 Å². The van der Waals surface area contributed by atoms with E-state index in [-0.39, 0.29) is 13.3 Å². The van der Waals surface area contributed by atoms with E-state index >= 15 is 0 Å². The average molecular weight is 555 g/mol. The van der Waals surface area contributed by atoms with Crippen molar-refractivity contribution in [1.29, 1.82) is 0 Å². The lowest BCUT2D eigenvalue weighted by molar-refractivity contribution is 0.0759. The molecule has 238 valence electrons. The molecule has 0 aromatic heterocycles. The zero-order valence-electron chi connectivity index (χ0n) is 28.5. The highest BCUT2D eigenvalue weighted by Gasteiger charge is 1.92. The van der Waals surface area contributed by atoms with Gasteiger partial charge in [-0.1, -0.05) is 81.6 Å². The Morgan fingerprint density at radius 2 is 0.947 bits per heavy atom. The molecule has 0 bridgehead atoms. The summed E-state index contributed by atoms with van der Waals surface area (Å²) in [6.45, 7) is 30.7.